The summed E-state index contributed by atoms with van der Waals surface area (Å²) in [6.45, 7) is 0. The fourth-order valence-electron chi connectivity index (χ4n) is 1.87. The zero-order valence-corrected chi connectivity index (χ0v) is 9.90. The summed E-state index contributed by atoms with van der Waals surface area (Å²) in [5.74, 6) is -2.45. The molecule has 20 heavy (non-hydrogen) atoms. The lowest BCUT2D eigenvalue weighted by molar-refractivity contribution is -0.133. The SMILES string of the molecule is O=C1/C=C\C(=O)Oc2c(c(=O)n(O)c3ccccc23)O1. The second-order valence-corrected chi connectivity index (χ2v) is 3.97. The molecule has 1 aliphatic rings. The van der Waals surface area contributed by atoms with E-state index in [9.17, 15) is 19.6 Å². The normalized spacial score (nSPS) is 15.8. The van der Waals surface area contributed by atoms with Gasteiger partial charge in [-0.3, -0.25) is 4.79 Å². The molecule has 7 nitrogen and oxygen atoms in total. The monoisotopic (exact) mass is 273 g/mol. The van der Waals surface area contributed by atoms with Crippen LogP contribution in [0.15, 0.2) is 41.2 Å². The molecular formula is C13H7NO6. The summed E-state index contributed by atoms with van der Waals surface area (Å²) in [5.41, 5.74) is -0.861. The van der Waals surface area contributed by atoms with Crippen molar-refractivity contribution in [3.8, 4) is 11.5 Å². The first-order valence-corrected chi connectivity index (χ1v) is 5.56. The zero-order chi connectivity index (χ0) is 14.3. The van der Waals surface area contributed by atoms with Crippen LogP contribution in [-0.2, 0) is 9.59 Å². The van der Waals surface area contributed by atoms with Crippen LogP contribution in [0.2, 0.25) is 0 Å². The maximum absolute atomic E-state index is 12.0. The van der Waals surface area contributed by atoms with Crippen molar-refractivity contribution in [1.82, 2.24) is 4.73 Å². The second-order valence-electron chi connectivity index (χ2n) is 3.97. The van der Waals surface area contributed by atoms with Gasteiger partial charge in [-0.2, -0.15) is 0 Å². The van der Waals surface area contributed by atoms with Crippen molar-refractivity contribution in [3.05, 3.63) is 46.8 Å². The number of fused-ring (bicyclic) bond motifs is 3. The maximum Gasteiger partial charge on any atom is 0.336 e. The molecule has 0 unspecified atom stereocenters. The predicted octanol–water partition coefficient (Wildman–Crippen LogP) is 0.619. The quantitative estimate of drug-likeness (QED) is 0.558. The van der Waals surface area contributed by atoms with Crippen LogP contribution in [0.25, 0.3) is 10.9 Å². The molecule has 100 valence electrons. The van der Waals surface area contributed by atoms with Gasteiger partial charge in [0.05, 0.1) is 5.52 Å². The van der Waals surface area contributed by atoms with Gasteiger partial charge in [-0.15, -0.1) is 4.73 Å². The van der Waals surface area contributed by atoms with Crippen LogP contribution in [0, 0.1) is 0 Å². The molecule has 0 aliphatic carbocycles. The van der Waals surface area contributed by atoms with Crippen molar-refractivity contribution < 1.29 is 24.3 Å². The topological polar surface area (TPSA) is 94.8 Å². The number of pyridine rings is 1. The van der Waals surface area contributed by atoms with Gasteiger partial charge in [0.25, 0.3) is 0 Å². The minimum atomic E-state index is -0.991. The lowest BCUT2D eigenvalue weighted by Crippen LogP contribution is -2.25. The highest BCUT2D eigenvalue weighted by Crippen LogP contribution is 2.33. The number of rotatable bonds is 0. The van der Waals surface area contributed by atoms with Crippen LogP contribution in [0.5, 0.6) is 11.5 Å². The number of aromatic nitrogens is 1. The Hall–Kier alpha value is -3.09. The first-order chi connectivity index (χ1) is 9.58. The lowest BCUT2D eigenvalue weighted by Gasteiger charge is -2.14. The molecule has 1 aromatic carbocycles. The van der Waals surface area contributed by atoms with Gasteiger partial charge >= 0.3 is 17.5 Å². The predicted molar refractivity (Wildman–Crippen MR) is 65.8 cm³/mol. The number of carbonyl (C=O) groups is 2. The lowest BCUT2D eigenvalue weighted by atomic mass is 10.2. The highest BCUT2D eigenvalue weighted by molar-refractivity contribution is 5.98. The van der Waals surface area contributed by atoms with Gasteiger partial charge in [-0.1, -0.05) is 12.1 Å². The van der Waals surface area contributed by atoms with Crippen molar-refractivity contribution in [2.24, 2.45) is 0 Å². The van der Waals surface area contributed by atoms with Crippen LogP contribution in [0.1, 0.15) is 0 Å². The highest BCUT2D eigenvalue weighted by Gasteiger charge is 2.24. The Morgan fingerprint density at radius 2 is 1.50 bits per heavy atom. The molecule has 7 heteroatoms. The van der Waals surface area contributed by atoms with Crippen LogP contribution >= 0.6 is 0 Å². The summed E-state index contributed by atoms with van der Waals surface area (Å²) >= 11 is 0. The van der Waals surface area contributed by atoms with E-state index in [0.717, 1.165) is 12.2 Å². The van der Waals surface area contributed by atoms with Gasteiger partial charge in [-0.25, -0.2) is 9.59 Å². The van der Waals surface area contributed by atoms with Crippen LogP contribution in [0.4, 0.5) is 0 Å². The minimum absolute atomic E-state index is 0.129. The van der Waals surface area contributed by atoms with E-state index >= 15 is 0 Å². The average molecular weight is 273 g/mol. The van der Waals surface area contributed by atoms with Crippen LogP contribution < -0.4 is 15.0 Å². The average Bonchev–Trinajstić information content (AvgIpc) is 2.44. The molecule has 0 atom stereocenters. The Balaban J connectivity index is 2.42. The third-order valence-corrected chi connectivity index (χ3v) is 2.73. The number of para-hydroxylation sites is 1. The Kier molecular flexibility index (Phi) is 2.53. The molecule has 0 bridgehead atoms. The number of benzene rings is 1. The summed E-state index contributed by atoms with van der Waals surface area (Å²) in [5, 5.41) is 10.0. The molecule has 2 aromatic rings. The molecule has 2 heterocycles. The maximum atomic E-state index is 12.0. The summed E-state index contributed by atoms with van der Waals surface area (Å²) in [6.07, 6.45) is 1.73. The Labute approximate surface area is 111 Å². The summed E-state index contributed by atoms with van der Waals surface area (Å²) < 4.78 is 10.1. The first kappa shape index (κ1) is 12.0. The number of hydrogen-bond acceptors (Lipinski definition) is 6. The van der Waals surface area contributed by atoms with E-state index in [1.807, 2.05) is 0 Å². The zero-order valence-electron chi connectivity index (χ0n) is 9.90. The van der Waals surface area contributed by atoms with Gasteiger partial charge in [0.1, 0.15) is 0 Å². The molecule has 0 saturated heterocycles. The van der Waals surface area contributed by atoms with Crippen molar-refractivity contribution in [2.75, 3.05) is 0 Å². The minimum Gasteiger partial charge on any atom is -0.425 e. The van der Waals surface area contributed by atoms with E-state index in [4.69, 9.17) is 9.47 Å². The van der Waals surface area contributed by atoms with Gasteiger partial charge in [0, 0.05) is 17.5 Å². The molecule has 1 aromatic heterocycles. The van der Waals surface area contributed by atoms with E-state index in [1.165, 1.54) is 12.1 Å². The molecule has 0 saturated carbocycles. The van der Waals surface area contributed by atoms with E-state index in [1.54, 1.807) is 12.1 Å². The number of hydrogen-bond donors (Lipinski definition) is 1. The van der Waals surface area contributed by atoms with E-state index in [0.29, 0.717) is 4.73 Å². The first-order valence-electron chi connectivity index (χ1n) is 5.56. The Morgan fingerprint density at radius 1 is 0.900 bits per heavy atom. The molecule has 0 fully saturated rings. The van der Waals surface area contributed by atoms with Crippen molar-refractivity contribution in [2.45, 2.75) is 0 Å². The van der Waals surface area contributed by atoms with Crippen molar-refractivity contribution in [1.29, 1.82) is 0 Å². The highest BCUT2D eigenvalue weighted by atomic mass is 16.6. The third-order valence-electron chi connectivity index (χ3n) is 2.73. The largest absolute Gasteiger partial charge is 0.425 e. The number of ether oxygens (including phenoxy) is 2. The second kappa shape index (κ2) is 4.23. The van der Waals surface area contributed by atoms with Crippen molar-refractivity contribution >= 4 is 22.8 Å². The molecule has 0 amide bonds. The molecule has 3 rings (SSSR count). The Bertz CT molecular complexity index is 833. The van der Waals surface area contributed by atoms with E-state index < -0.39 is 23.2 Å². The van der Waals surface area contributed by atoms with E-state index in [-0.39, 0.29) is 16.7 Å². The van der Waals surface area contributed by atoms with Gasteiger partial charge in [0.2, 0.25) is 5.75 Å². The van der Waals surface area contributed by atoms with Gasteiger partial charge in [-0.05, 0) is 12.1 Å². The fourth-order valence-corrected chi connectivity index (χ4v) is 1.87. The molecule has 0 spiro atoms. The number of carbonyl (C=O) groups excluding carboxylic acids is 2. The third kappa shape index (κ3) is 1.72. The number of esters is 2. The van der Waals surface area contributed by atoms with Crippen LogP contribution in [-0.4, -0.2) is 21.9 Å². The molecular weight excluding hydrogens is 266 g/mol. The summed E-state index contributed by atoms with van der Waals surface area (Å²) in [7, 11) is 0. The molecule has 1 N–H and O–H groups in total. The summed E-state index contributed by atoms with van der Waals surface area (Å²) in [6, 6.07) is 6.20. The van der Waals surface area contributed by atoms with Crippen molar-refractivity contribution in [3.63, 3.8) is 0 Å². The standard InChI is InChI=1S/C13H7NO6/c15-9-5-6-10(16)20-12-11(19-9)7-3-1-2-4-8(7)14(18)13(12)17/h1-6,18H/b6-5-. The smallest absolute Gasteiger partial charge is 0.336 e. The van der Waals surface area contributed by atoms with Gasteiger partial charge < -0.3 is 14.7 Å². The molecule has 0 radical (unpaired) electrons. The van der Waals surface area contributed by atoms with Crippen LogP contribution in [0.3, 0.4) is 0 Å². The van der Waals surface area contributed by atoms with Gasteiger partial charge in [0.15, 0.2) is 5.75 Å². The number of nitrogens with zero attached hydrogens (tertiary/aromatic N) is 1. The summed E-state index contributed by atoms with van der Waals surface area (Å²) in [4.78, 5) is 34.9. The fraction of sp³-hybridized carbons (Fsp3) is 0. The van der Waals surface area contributed by atoms with E-state index in [2.05, 4.69) is 0 Å². The molecule has 1 aliphatic heterocycles. The Morgan fingerprint density at radius 3 is 2.20 bits per heavy atom.